The Bertz CT molecular complexity index is 154. The molecule has 0 aliphatic rings. The number of unbranched alkanes of at least 4 members (excludes halogenated alkanes) is 3. The van der Waals surface area contributed by atoms with Gasteiger partial charge >= 0.3 is 6.18 Å². The van der Waals surface area contributed by atoms with Crippen molar-refractivity contribution in [2.45, 2.75) is 50.7 Å². The van der Waals surface area contributed by atoms with Crippen molar-refractivity contribution in [2.24, 2.45) is 5.73 Å². The number of halogens is 3. The molecule has 0 spiro atoms. The summed E-state index contributed by atoms with van der Waals surface area (Å²) in [5, 5.41) is 0. The third-order valence-corrected chi connectivity index (χ3v) is 1.98. The van der Waals surface area contributed by atoms with Crippen molar-refractivity contribution in [1.29, 1.82) is 0 Å². The first-order chi connectivity index (χ1) is 6.45. The van der Waals surface area contributed by atoms with Gasteiger partial charge in [0.2, 0.25) is 0 Å². The SMILES string of the molecule is C=CCCCCCC(N)CC(F)(F)F. The number of hydrogen-bond acceptors (Lipinski definition) is 1. The molecule has 4 heteroatoms. The second-order valence-electron chi connectivity index (χ2n) is 3.51. The highest BCUT2D eigenvalue weighted by atomic mass is 19.4. The van der Waals surface area contributed by atoms with E-state index in [1.807, 2.05) is 6.08 Å². The smallest absolute Gasteiger partial charge is 0.327 e. The Morgan fingerprint density at radius 1 is 1.21 bits per heavy atom. The van der Waals surface area contributed by atoms with Gasteiger partial charge in [0, 0.05) is 6.04 Å². The molecule has 14 heavy (non-hydrogen) atoms. The summed E-state index contributed by atoms with van der Waals surface area (Å²) >= 11 is 0. The van der Waals surface area contributed by atoms with E-state index >= 15 is 0 Å². The number of nitrogens with two attached hydrogens (primary N) is 1. The zero-order chi connectivity index (χ0) is 11.0. The van der Waals surface area contributed by atoms with Crippen LogP contribution in [0.2, 0.25) is 0 Å². The molecular formula is C10H18F3N. The summed E-state index contributed by atoms with van der Waals surface area (Å²) in [5.41, 5.74) is 5.33. The van der Waals surface area contributed by atoms with Gasteiger partial charge in [-0.3, -0.25) is 0 Å². The first-order valence-corrected chi connectivity index (χ1v) is 4.89. The van der Waals surface area contributed by atoms with Crippen LogP contribution in [0.5, 0.6) is 0 Å². The normalized spacial score (nSPS) is 14.0. The number of allylic oxidation sites excluding steroid dienone is 1. The van der Waals surface area contributed by atoms with Gasteiger partial charge in [-0.2, -0.15) is 13.2 Å². The van der Waals surface area contributed by atoms with Crippen molar-refractivity contribution in [2.75, 3.05) is 0 Å². The molecule has 0 aromatic heterocycles. The Hall–Kier alpha value is -0.510. The Kier molecular flexibility index (Phi) is 6.62. The standard InChI is InChI=1S/C10H18F3N/c1-2-3-4-5-6-7-9(14)8-10(11,12)13/h2,9H,1,3-8,14H2. The third kappa shape index (κ3) is 9.58. The number of hydrogen-bond donors (Lipinski definition) is 1. The van der Waals surface area contributed by atoms with Crippen LogP contribution in [0.1, 0.15) is 38.5 Å². The predicted molar refractivity (Wildman–Crippen MR) is 51.9 cm³/mol. The zero-order valence-electron chi connectivity index (χ0n) is 8.32. The van der Waals surface area contributed by atoms with E-state index in [1.54, 1.807) is 0 Å². The van der Waals surface area contributed by atoms with Gasteiger partial charge in [0.1, 0.15) is 0 Å². The monoisotopic (exact) mass is 209 g/mol. The minimum atomic E-state index is -4.12. The largest absolute Gasteiger partial charge is 0.390 e. The van der Waals surface area contributed by atoms with Crippen LogP contribution in [0.3, 0.4) is 0 Å². The Morgan fingerprint density at radius 3 is 2.36 bits per heavy atom. The topological polar surface area (TPSA) is 26.0 Å². The van der Waals surface area contributed by atoms with E-state index in [2.05, 4.69) is 6.58 Å². The molecule has 1 unspecified atom stereocenters. The predicted octanol–water partition coefficient (Wildman–Crippen LogP) is 3.40. The average molecular weight is 209 g/mol. The molecule has 0 bridgehead atoms. The number of rotatable bonds is 7. The lowest BCUT2D eigenvalue weighted by molar-refractivity contribution is -0.138. The highest BCUT2D eigenvalue weighted by Gasteiger charge is 2.29. The van der Waals surface area contributed by atoms with Crippen LogP contribution in [0.25, 0.3) is 0 Å². The van der Waals surface area contributed by atoms with E-state index in [-0.39, 0.29) is 0 Å². The maximum absolute atomic E-state index is 11.8. The van der Waals surface area contributed by atoms with Gasteiger partial charge in [0.25, 0.3) is 0 Å². The first-order valence-electron chi connectivity index (χ1n) is 4.89. The summed E-state index contributed by atoms with van der Waals surface area (Å²) in [6.07, 6.45) is 0.890. The Labute approximate surface area is 83.2 Å². The van der Waals surface area contributed by atoms with Crippen molar-refractivity contribution >= 4 is 0 Å². The van der Waals surface area contributed by atoms with E-state index in [1.165, 1.54) is 0 Å². The molecule has 2 N–H and O–H groups in total. The molecule has 0 saturated carbocycles. The van der Waals surface area contributed by atoms with Gasteiger partial charge in [-0.1, -0.05) is 18.9 Å². The molecule has 0 amide bonds. The fourth-order valence-corrected chi connectivity index (χ4v) is 1.27. The van der Waals surface area contributed by atoms with Crippen LogP contribution < -0.4 is 5.73 Å². The van der Waals surface area contributed by atoms with Crippen molar-refractivity contribution in [1.82, 2.24) is 0 Å². The average Bonchev–Trinajstić information content (AvgIpc) is 2.00. The number of alkyl halides is 3. The lowest BCUT2D eigenvalue weighted by atomic mass is 10.1. The van der Waals surface area contributed by atoms with Gasteiger partial charge in [0.15, 0.2) is 0 Å². The summed E-state index contributed by atoms with van der Waals surface area (Å²) in [6.45, 7) is 3.57. The van der Waals surface area contributed by atoms with Gasteiger partial charge in [-0.25, -0.2) is 0 Å². The van der Waals surface area contributed by atoms with E-state index in [0.717, 1.165) is 25.7 Å². The Morgan fingerprint density at radius 2 is 1.86 bits per heavy atom. The molecule has 0 rings (SSSR count). The zero-order valence-corrected chi connectivity index (χ0v) is 8.32. The lowest BCUT2D eigenvalue weighted by Gasteiger charge is -2.13. The lowest BCUT2D eigenvalue weighted by Crippen LogP contribution is -2.27. The second kappa shape index (κ2) is 6.87. The summed E-state index contributed by atoms with van der Waals surface area (Å²) in [4.78, 5) is 0. The summed E-state index contributed by atoms with van der Waals surface area (Å²) in [5.74, 6) is 0. The molecule has 0 radical (unpaired) electrons. The molecule has 0 fully saturated rings. The van der Waals surface area contributed by atoms with Crippen LogP contribution in [-0.4, -0.2) is 12.2 Å². The van der Waals surface area contributed by atoms with Crippen LogP contribution in [0.15, 0.2) is 12.7 Å². The van der Waals surface area contributed by atoms with Gasteiger partial charge in [0.05, 0.1) is 6.42 Å². The van der Waals surface area contributed by atoms with E-state index in [4.69, 9.17) is 5.73 Å². The summed E-state index contributed by atoms with van der Waals surface area (Å²) in [7, 11) is 0. The maximum atomic E-state index is 11.8. The van der Waals surface area contributed by atoms with Gasteiger partial charge in [-0.05, 0) is 19.3 Å². The highest BCUT2D eigenvalue weighted by Crippen LogP contribution is 2.22. The minimum Gasteiger partial charge on any atom is -0.327 e. The molecule has 0 aromatic carbocycles. The van der Waals surface area contributed by atoms with Crippen molar-refractivity contribution in [3.8, 4) is 0 Å². The first kappa shape index (κ1) is 13.5. The van der Waals surface area contributed by atoms with Crippen molar-refractivity contribution in [3.05, 3.63) is 12.7 Å². The van der Waals surface area contributed by atoms with Crippen LogP contribution >= 0.6 is 0 Å². The maximum Gasteiger partial charge on any atom is 0.390 e. The molecule has 0 aliphatic carbocycles. The summed E-state index contributed by atoms with van der Waals surface area (Å²) < 4.78 is 35.5. The molecule has 1 nitrogen and oxygen atoms in total. The molecular weight excluding hydrogens is 191 g/mol. The van der Waals surface area contributed by atoms with Gasteiger partial charge < -0.3 is 5.73 Å². The van der Waals surface area contributed by atoms with E-state index in [9.17, 15) is 13.2 Å². The molecule has 0 aliphatic heterocycles. The molecule has 84 valence electrons. The second-order valence-corrected chi connectivity index (χ2v) is 3.51. The molecule has 0 saturated heterocycles. The third-order valence-electron chi connectivity index (χ3n) is 1.98. The fourth-order valence-electron chi connectivity index (χ4n) is 1.27. The fraction of sp³-hybridized carbons (Fsp3) is 0.800. The quantitative estimate of drug-likeness (QED) is 0.504. The van der Waals surface area contributed by atoms with Crippen molar-refractivity contribution < 1.29 is 13.2 Å². The molecule has 0 heterocycles. The van der Waals surface area contributed by atoms with Crippen LogP contribution in [-0.2, 0) is 0 Å². The van der Waals surface area contributed by atoms with Crippen LogP contribution in [0.4, 0.5) is 13.2 Å². The van der Waals surface area contributed by atoms with Gasteiger partial charge in [-0.15, -0.1) is 6.58 Å². The van der Waals surface area contributed by atoms with E-state index in [0.29, 0.717) is 6.42 Å². The highest BCUT2D eigenvalue weighted by molar-refractivity contribution is 4.68. The van der Waals surface area contributed by atoms with Crippen molar-refractivity contribution in [3.63, 3.8) is 0 Å². The summed E-state index contributed by atoms with van der Waals surface area (Å²) in [6, 6.07) is -0.737. The molecule has 1 atom stereocenters. The van der Waals surface area contributed by atoms with E-state index < -0.39 is 18.6 Å². The Balaban J connectivity index is 3.35. The minimum absolute atomic E-state index is 0.455. The van der Waals surface area contributed by atoms with Crippen LogP contribution in [0, 0.1) is 0 Å². The molecule has 0 aromatic rings.